The van der Waals surface area contributed by atoms with E-state index in [-0.39, 0.29) is 19.1 Å². The van der Waals surface area contributed by atoms with E-state index in [1.807, 2.05) is 48.5 Å². The molecule has 0 unspecified atom stereocenters. The molecule has 118 valence electrons. The number of nitrogens with one attached hydrogen (secondary N) is 2. The zero-order valence-electron chi connectivity index (χ0n) is 12.6. The fourth-order valence-electron chi connectivity index (χ4n) is 1.79. The van der Waals surface area contributed by atoms with Gasteiger partial charge in [-0.3, -0.25) is 10.1 Å². The molecule has 0 radical (unpaired) electrons. The minimum Gasteiger partial charge on any atom is -0.447 e. The van der Waals surface area contributed by atoms with Crippen LogP contribution in [0.15, 0.2) is 66.7 Å². The van der Waals surface area contributed by atoms with Gasteiger partial charge in [0.15, 0.2) is 0 Å². The number of hydrogen-bond acceptors (Lipinski definition) is 3. The predicted octanol–water partition coefficient (Wildman–Crippen LogP) is 3.06. The van der Waals surface area contributed by atoms with Crippen molar-refractivity contribution in [3.8, 4) is 0 Å². The van der Waals surface area contributed by atoms with Gasteiger partial charge in [0, 0.05) is 11.8 Å². The number of carbonyl (C=O) groups excluding carboxylic acids is 2. The van der Waals surface area contributed by atoms with Gasteiger partial charge < -0.3 is 10.1 Å². The first-order chi connectivity index (χ1) is 11.2. The molecule has 0 spiro atoms. The smallest absolute Gasteiger partial charge is 0.411 e. The van der Waals surface area contributed by atoms with Crippen molar-refractivity contribution in [2.24, 2.45) is 0 Å². The zero-order valence-corrected chi connectivity index (χ0v) is 12.6. The van der Waals surface area contributed by atoms with Gasteiger partial charge in [-0.25, -0.2) is 4.79 Å². The summed E-state index contributed by atoms with van der Waals surface area (Å²) < 4.78 is 4.97. The van der Waals surface area contributed by atoms with Crippen LogP contribution in [-0.2, 0) is 9.53 Å². The molecular weight excluding hydrogens is 292 g/mol. The van der Waals surface area contributed by atoms with Crippen molar-refractivity contribution >= 4 is 23.8 Å². The van der Waals surface area contributed by atoms with Crippen molar-refractivity contribution in [1.82, 2.24) is 5.32 Å². The second-order valence-corrected chi connectivity index (χ2v) is 4.66. The molecule has 0 saturated heterocycles. The van der Waals surface area contributed by atoms with Gasteiger partial charge in [0.2, 0.25) is 5.91 Å². The van der Waals surface area contributed by atoms with E-state index in [0.29, 0.717) is 5.69 Å². The molecule has 5 heteroatoms. The van der Waals surface area contributed by atoms with Crippen LogP contribution in [0.4, 0.5) is 10.5 Å². The molecular formula is C18H18N2O3. The fraction of sp³-hybridized carbons (Fsp3) is 0.111. The van der Waals surface area contributed by atoms with E-state index in [0.717, 1.165) is 5.56 Å². The lowest BCUT2D eigenvalue weighted by Crippen LogP contribution is -2.27. The third-order valence-electron chi connectivity index (χ3n) is 2.88. The first kappa shape index (κ1) is 16.3. The highest BCUT2D eigenvalue weighted by Gasteiger charge is 2.02. The Kier molecular flexibility index (Phi) is 6.41. The number of carbonyl (C=O) groups is 2. The van der Waals surface area contributed by atoms with Crippen LogP contribution in [0.3, 0.4) is 0 Å². The number of hydrogen-bond donors (Lipinski definition) is 2. The standard InChI is InChI=1S/C18H18N2O3/c21-17(12-11-15-7-3-1-4-8-15)19-13-14-23-18(22)20-16-9-5-2-6-10-16/h1-12H,13-14H2,(H,19,21)(H,20,22). The summed E-state index contributed by atoms with van der Waals surface area (Å²) in [5.41, 5.74) is 1.61. The Morgan fingerprint density at radius 3 is 2.30 bits per heavy atom. The maximum atomic E-state index is 11.6. The monoisotopic (exact) mass is 310 g/mol. The second-order valence-electron chi connectivity index (χ2n) is 4.66. The molecule has 0 aliphatic heterocycles. The van der Waals surface area contributed by atoms with E-state index in [4.69, 9.17) is 4.74 Å². The fourth-order valence-corrected chi connectivity index (χ4v) is 1.79. The van der Waals surface area contributed by atoms with Crippen molar-refractivity contribution in [2.45, 2.75) is 0 Å². The molecule has 2 rings (SSSR count). The van der Waals surface area contributed by atoms with Crippen LogP contribution in [0, 0.1) is 0 Å². The Labute approximate surface area is 135 Å². The normalized spacial score (nSPS) is 10.3. The van der Waals surface area contributed by atoms with Crippen LogP contribution in [0.2, 0.25) is 0 Å². The number of anilines is 1. The lowest BCUT2D eigenvalue weighted by molar-refractivity contribution is -0.116. The van der Waals surface area contributed by atoms with Crippen LogP contribution in [0.1, 0.15) is 5.56 Å². The summed E-state index contributed by atoms with van der Waals surface area (Å²) in [5, 5.41) is 5.23. The molecule has 23 heavy (non-hydrogen) atoms. The second kappa shape index (κ2) is 9.04. The summed E-state index contributed by atoms with van der Waals surface area (Å²) in [6, 6.07) is 18.5. The van der Waals surface area contributed by atoms with E-state index >= 15 is 0 Å². The van der Waals surface area contributed by atoms with Crippen molar-refractivity contribution < 1.29 is 14.3 Å². The van der Waals surface area contributed by atoms with E-state index in [1.54, 1.807) is 18.2 Å². The highest BCUT2D eigenvalue weighted by molar-refractivity contribution is 5.91. The molecule has 0 fully saturated rings. The van der Waals surface area contributed by atoms with E-state index in [9.17, 15) is 9.59 Å². The van der Waals surface area contributed by atoms with Gasteiger partial charge in [0.1, 0.15) is 6.61 Å². The zero-order chi connectivity index (χ0) is 16.3. The third kappa shape index (κ3) is 6.48. The van der Waals surface area contributed by atoms with E-state index < -0.39 is 6.09 Å². The minimum absolute atomic E-state index is 0.101. The van der Waals surface area contributed by atoms with Gasteiger partial charge in [-0.1, -0.05) is 48.5 Å². The summed E-state index contributed by atoms with van der Waals surface area (Å²) in [6.07, 6.45) is 2.61. The van der Waals surface area contributed by atoms with Gasteiger partial charge >= 0.3 is 6.09 Å². The van der Waals surface area contributed by atoms with Crippen LogP contribution in [0.5, 0.6) is 0 Å². The van der Waals surface area contributed by atoms with Crippen LogP contribution >= 0.6 is 0 Å². The Morgan fingerprint density at radius 1 is 0.957 bits per heavy atom. The molecule has 0 aliphatic rings. The van der Waals surface area contributed by atoms with Crippen LogP contribution in [0.25, 0.3) is 6.08 Å². The molecule has 5 nitrogen and oxygen atoms in total. The topological polar surface area (TPSA) is 67.4 Å². The molecule has 2 N–H and O–H groups in total. The highest BCUT2D eigenvalue weighted by atomic mass is 16.5. The average molecular weight is 310 g/mol. The number of benzene rings is 2. The molecule has 2 aromatic rings. The maximum absolute atomic E-state index is 11.6. The van der Waals surface area contributed by atoms with Gasteiger partial charge in [0.25, 0.3) is 0 Å². The van der Waals surface area contributed by atoms with E-state index in [2.05, 4.69) is 10.6 Å². The van der Waals surface area contributed by atoms with Crippen LogP contribution in [-0.4, -0.2) is 25.2 Å². The first-order valence-corrected chi connectivity index (χ1v) is 7.24. The van der Waals surface area contributed by atoms with Crippen molar-refractivity contribution in [1.29, 1.82) is 0 Å². The predicted molar refractivity (Wildman–Crippen MR) is 89.9 cm³/mol. The molecule has 0 bridgehead atoms. The van der Waals surface area contributed by atoms with Crippen molar-refractivity contribution in [3.63, 3.8) is 0 Å². The molecule has 0 heterocycles. The Morgan fingerprint density at radius 2 is 1.61 bits per heavy atom. The van der Waals surface area contributed by atoms with Crippen LogP contribution < -0.4 is 10.6 Å². The lowest BCUT2D eigenvalue weighted by Gasteiger charge is -2.07. The van der Waals surface area contributed by atoms with Gasteiger partial charge in [-0.05, 0) is 23.8 Å². The Balaban J connectivity index is 1.62. The number of para-hydroxylation sites is 1. The summed E-state index contributed by atoms with van der Waals surface area (Å²) in [7, 11) is 0. The van der Waals surface area contributed by atoms with Crippen molar-refractivity contribution in [2.75, 3.05) is 18.5 Å². The summed E-state index contributed by atoms with van der Waals surface area (Å²) >= 11 is 0. The first-order valence-electron chi connectivity index (χ1n) is 7.24. The molecule has 2 amide bonds. The SMILES string of the molecule is O=C(C=Cc1ccccc1)NCCOC(=O)Nc1ccccc1. The molecule has 0 aromatic heterocycles. The Hall–Kier alpha value is -3.08. The maximum Gasteiger partial charge on any atom is 0.411 e. The van der Waals surface area contributed by atoms with Gasteiger partial charge in [0.05, 0.1) is 6.54 Å². The quantitative estimate of drug-likeness (QED) is 0.636. The van der Waals surface area contributed by atoms with E-state index in [1.165, 1.54) is 6.08 Å². The number of ether oxygens (including phenoxy) is 1. The lowest BCUT2D eigenvalue weighted by atomic mass is 10.2. The van der Waals surface area contributed by atoms with Crippen molar-refractivity contribution in [3.05, 3.63) is 72.3 Å². The largest absolute Gasteiger partial charge is 0.447 e. The molecule has 0 aliphatic carbocycles. The summed E-state index contributed by atoms with van der Waals surface area (Å²) in [4.78, 5) is 23.1. The minimum atomic E-state index is -0.551. The average Bonchev–Trinajstić information content (AvgIpc) is 2.59. The number of amides is 2. The van der Waals surface area contributed by atoms with Gasteiger partial charge in [-0.2, -0.15) is 0 Å². The van der Waals surface area contributed by atoms with Gasteiger partial charge in [-0.15, -0.1) is 0 Å². The Bertz CT molecular complexity index is 654. The highest BCUT2D eigenvalue weighted by Crippen LogP contribution is 2.05. The number of rotatable bonds is 6. The molecule has 2 aromatic carbocycles. The molecule has 0 saturated carbocycles. The third-order valence-corrected chi connectivity index (χ3v) is 2.88. The summed E-state index contributed by atoms with van der Waals surface area (Å²) in [5.74, 6) is -0.235. The summed E-state index contributed by atoms with van der Waals surface area (Å²) in [6.45, 7) is 0.351. The molecule has 0 atom stereocenters.